The highest BCUT2D eigenvalue weighted by Crippen LogP contribution is 2.15. The normalized spacial score (nSPS) is 23.8. The molecule has 0 aromatic carbocycles. The third-order valence-corrected chi connectivity index (χ3v) is 4.13. The first-order valence-corrected chi connectivity index (χ1v) is 7.66. The van der Waals surface area contributed by atoms with Gasteiger partial charge in [-0.1, -0.05) is 20.8 Å². The molecule has 0 aromatic heterocycles. The van der Waals surface area contributed by atoms with Crippen molar-refractivity contribution in [3.8, 4) is 0 Å². The lowest BCUT2D eigenvalue weighted by Gasteiger charge is -2.38. The van der Waals surface area contributed by atoms with Crippen LogP contribution in [0.4, 0.5) is 0 Å². The summed E-state index contributed by atoms with van der Waals surface area (Å²) in [5.74, 6) is 0.719. The molecule has 2 atom stereocenters. The molecule has 1 saturated heterocycles. The lowest BCUT2D eigenvalue weighted by atomic mass is 10.00. The highest BCUT2D eigenvalue weighted by atomic mass is 15.2. The first-order chi connectivity index (χ1) is 8.54. The summed E-state index contributed by atoms with van der Waals surface area (Å²) in [6.07, 6.45) is 3.93. The molecule has 0 bridgehead atoms. The van der Waals surface area contributed by atoms with Crippen molar-refractivity contribution in [3.63, 3.8) is 0 Å². The molecule has 0 spiro atoms. The maximum absolute atomic E-state index is 3.70. The van der Waals surface area contributed by atoms with E-state index in [0.717, 1.165) is 18.5 Å². The number of hydrogen-bond acceptors (Lipinski definition) is 3. The molecular formula is C15H33N3. The summed E-state index contributed by atoms with van der Waals surface area (Å²) >= 11 is 0. The van der Waals surface area contributed by atoms with Gasteiger partial charge < -0.3 is 15.1 Å². The van der Waals surface area contributed by atoms with Gasteiger partial charge in [0.1, 0.15) is 0 Å². The number of nitrogens with zero attached hydrogens (tertiary/aromatic N) is 2. The molecule has 1 aliphatic heterocycles. The van der Waals surface area contributed by atoms with E-state index in [1.54, 1.807) is 0 Å². The van der Waals surface area contributed by atoms with E-state index in [9.17, 15) is 0 Å². The number of hydrogen-bond donors (Lipinski definition) is 1. The largest absolute Gasteiger partial charge is 0.312 e. The second-order valence-corrected chi connectivity index (χ2v) is 6.32. The summed E-state index contributed by atoms with van der Waals surface area (Å²) in [6, 6.07) is 1.39. The van der Waals surface area contributed by atoms with E-state index in [0.29, 0.717) is 6.04 Å². The molecule has 1 fully saturated rings. The molecule has 0 amide bonds. The second-order valence-electron chi connectivity index (χ2n) is 6.32. The van der Waals surface area contributed by atoms with Crippen molar-refractivity contribution in [3.05, 3.63) is 0 Å². The number of piperidine rings is 1. The van der Waals surface area contributed by atoms with Crippen LogP contribution in [0.2, 0.25) is 0 Å². The van der Waals surface area contributed by atoms with Crippen molar-refractivity contribution in [1.29, 1.82) is 0 Å². The molecule has 0 radical (unpaired) electrons. The van der Waals surface area contributed by atoms with Crippen molar-refractivity contribution in [2.45, 2.75) is 52.1 Å². The fraction of sp³-hybridized carbons (Fsp3) is 1.00. The predicted octanol–water partition coefficient (Wildman–Crippen LogP) is 2.04. The Morgan fingerprint density at radius 1 is 1.33 bits per heavy atom. The molecule has 108 valence electrons. The van der Waals surface area contributed by atoms with Gasteiger partial charge in [-0.2, -0.15) is 0 Å². The molecular weight excluding hydrogens is 222 g/mol. The van der Waals surface area contributed by atoms with Crippen LogP contribution >= 0.6 is 0 Å². The highest BCUT2D eigenvalue weighted by Gasteiger charge is 2.24. The molecule has 0 aliphatic carbocycles. The van der Waals surface area contributed by atoms with Gasteiger partial charge in [-0.05, 0) is 52.4 Å². The van der Waals surface area contributed by atoms with Crippen LogP contribution < -0.4 is 5.32 Å². The van der Waals surface area contributed by atoms with Crippen LogP contribution in [0.5, 0.6) is 0 Å². The minimum absolute atomic E-state index is 0.644. The third-order valence-electron chi connectivity index (χ3n) is 4.13. The lowest BCUT2D eigenvalue weighted by Crippen LogP contribution is -2.51. The van der Waals surface area contributed by atoms with Crippen molar-refractivity contribution < 1.29 is 0 Å². The molecule has 3 heteroatoms. The first kappa shape index (κ1) is 15.9. The van der Waals surface area contributed by atoms with Gasteiger partial charge in [0.25, 0.3) is 0 Å². The van der Waals surface area contributed by atoms with Gasteiger partial charge >= 0.3 is 0 Å². The summed E-state index contributed by atoms with van der Waals surface area (Å²) < 4.78 is 0. The number of nitrogens with one attached hydrogen (secondary N) is 1. The molecule has 1 rings (SSSR count). The second kappa shape index (κ2) is 8.13. The summed E-state index contributed by atoms with van der Waals surface area (Å²) in [7, 11) is 4.42. The van der Waals surface area contributed by atoms with Crippen LogP contribution in [0, 0.1) is 5.92 Å². The van der Waals surface area contributed by atoms with Crippen molar-refractivity contribution >= 4 is 0 Å². The smallest absolute Gasteiger partial charge is 0.0217 e. The van der Waals surface area contributed by atoms with Crippen LogP contribution in [0.3, 0.4) is 0 Å². The molecule has 1 aliphatic rings. The van der Waals surface area contributed by atoms with Gasteiger partial charge in [-0.15, -0.1) is 0 Å². The van der Waals surface area contributed by atoms with E-state index < -0.39 is 0 Å². The van der Waals surface area contributed by atoms with Gasteiger partial charge in [0.15, 0.2) is 0 Å². The molecule has 18 heavy (non-hydrogen) atoms. The van der Waals surface area contributed by atoms with Crippen molar-refractivity contribution in [2.75, 3.05) is 40.3 Å². The summed E-state index contributed by atoms with van der Waals surface area (Å²) in [5, 5.41) is 3.70. The van der Waals surface area contributed by atoms with E-state index in [2.05, 4.69) is 50.0 Å². The highest BCUT2D eigenvalue weighted by molar-refractivity contribution is 4.82. The van der Waals surface area contributed by atoms with Crippen LogP contribution in [0.15, 0.2) is 0 Å². The van der Waals surface area contributed by atoms with E-state index in [4.69, 9.17) is 0 Å². The fourth-order valence-corrected chi connectivity index (χ4v) is 2.74. The molecule has 0 aromatic rings. The number of likely N-dealkylation sites (tertiary alicyclic amines) is 1. The van der Waals surface area contributed by atoms with E-state index in [1.165, 1.54) is 38.9 Å². The Labute approximate surface area is 114 Å². The van der Waals surface area contributed by atoms with Crippen LogP contribution in [-0.4, -0.2) is 62.2 Å². The average molecular weight is 255 g/mol. The van der Waals surface area contributed by atoms with Crippen LogP contribution in [0.1, 0.15) is 40.0 Å². The third kappa shape index (κ3) is 5.25. The van der Waals surface area contributed by atoms with Gasteiger partial charge in [-0.25, -0.2) is 0 Å². The molecule has 3 nitrogen and oxygen atoms in total. The van der Waals surface area contributed by atoms with E-state index >= 15 is 0 Å². The zero-order valence-corrected chi connectivity index (χ0v) is 13.1. The van der Waals surface area contributed by atoms with E-state index in [1.807, 2.05) is 0 Å². The zero-order valence-electron chi connectivity index (χ0n) is 13.1. The van der Waals surface area contributed by atoms with Crippen molar-refractivity contribution in [1.82, 2.24) is 15.1 Å². The Morgan fingerprint density at radius 3 is 2.61 bits per heavy atom. The Hall–Kier alpha value is -0.120. The first-order valence-electron chi connectivity index (χ1n) is 7.66. The Balaban J connectivity index is 2.42. The molecule has 1 heterocycles. The summed E-state index contributed by atoms with van der Waals surface area (Å²) in [6.45, 7) is 11.8. The predicted molar refractivity (Wildman–Crippen MR) is 80.1 cm³/mol. The van der Waals surface area contributed by atoms with Gasteiger partial charge in [-0.3, -0.25) is 0 Å². The van der Waals surface area contributed by atoms with E-state index in [-0.39, 0.29) is 0 Å². The van der Waals surface area contributed by atoms with Crippen molar-refractivity contribution in [2.24, 2.45) is 5.92 Å². The van der Waals surface area contributed by atoms with Gasteiger partial charge in [0.2, 0.25) is 0 Å². The van der Waals surface area contributed by atoms with Gasteiger partial charge in [0, 0.05) is 25.2 Å². The monoisotopic (exact) mass is 255 g/mol. The Morgan fingerprint density at radius 2 is 2.06 bits per heavy atom. The maximum atomic E-state index is 3.70. The average Bonchev–Trinajstić information content (AvgIpc) is 2.34. The topological polar surface area (TPSA) is 18.5 Å². The molecule has 0 saturated carbocycles. The quantitative estimate of drug-likeness (QED) is 0.751. The minimum Gasteiger partial charge on any atom is -0.312 e. The fourth-order valence-electron chi connectivity index (χ4n) is 2.74. The van der Waals surface area contributed by atoms with Crippen LogP contribution in [-0.2, 0) is 0 Å². The SMILES string of the molecule is CCCNC(CN1CCCC(N(C)C)C1)C(C)C. The molecule has 1 N–H and O–H groups in total. The zero-order chi connectivity index (χ0) is 13.5. The summed E-state index contributed by atoms with van der Waals surface area (Å²) in [4.78, 5) is 5.04. The number of rotatable bonds is 7. The summed E-state index contributed by atoms with van der Waals surface area (Å²) in [5.41, 5.74) is 0. The Kier molecular flexibility index (Phi) is 7.20. The number of likely N-dealkylation sites (N-methyl/N-ethyl adjacent to an activating group) is 1. The van der Waals surface area contributed by atoms with Crippen LogP contribution in [0.25, 0.3) is 0 Å². The molecule has 2 unspecified atom stereocenters. The Bertz CT molecular complexity index is 216. The van der Waals surface area contributed by atoms with Gasteiger partial charge in [0.05, 0.1) is 0 Å². The standard InChI is InChI=1S/C15H33N3/c1-6-9-16-15(13(2)3)12-18-10-7-8-14(11-18)17(4)5/h13-16H,6-12H2,1-5H3. The lowest BCUT2D eigenvalue weighted by molar-refractivity contribution is 0.117. The maximum Gasteiger partial charge on any atom is 0.0217 e. The minimum atomic E-state index is 0.644.